The maximum absolute atomic E-state index is 11.6. The molecule has 1 aromatic rings. The van der Waals surface area contributed by atoms with Gasteiger partial charge in [0.05, 0.1) is 5.54 Å². The van der Waals surface area contributed by atoms with E-state index in [1.807, 2.05) is 18.7 Å². The first-order valence-electron chi connectivity index (χ1n) is 7.64. The van der Waals surface area contributed by atoms with Gasteiger partial charge in [-0.1, -0.05) is 24.6 Å². The van der Waals surface area contributed by atoms with Crippen LogP contribution in [0.15, 0.2) is 23.1 Å². The molecule has 0 saturated carbocycles. The third-order valence-corrected chi connectivity index (χ3v) is 4.98. The third-order valence-electron chi connectivity index (χ3n) is 3.72. The van der Waals surface area contributed by atoms with Crippen LogP contribution in [0.1, 0.15) is 44.2 Å². The number of nitrogens with two attached hydrogens (primary N) is 1. The quantitative estimate of drug-likeness (QED) is 0.543. The molecule has 0 spiro atoms. The van der Waals surface area contributed by atoms with Gasteiger partial charge in [0.2, 0.25) is 5.91 Å². The Morgan fingerprint density at radius 2 is 2.10 bits per heavy atom. The molecule has 0 aliphatic heterocycles. The predicted octanol–water partition coefficient (Wildman–Crippen LogP) is 3.42. The van der Waals surface area contributed by atoms with Crippen LogP contribution < -0.4 is 11.1 Å². The van der Waals surface area contributed by atoms with Gasteiger partial charge in [-0.15, -0.1) is 11.8 Å². The Labute approximate surface area is 133 Å². The zero-order valence-corrected chi connectivity index (χ0v) is 14.5. The number of rotatable bonds is 9. The standard InChI is InChI=1S/C17H28N2OS/c1-5-10-19-17(4,16(18)20)9-6-11-21-15-8-7-13(2)12-14(15)3/h7-8,12,19H,5-6,9-11H2,1-4H3,(H2,18,20). The molecule has 0 radical (unpaired) electrons. The lowest BCUT2D eigenvalue weighted by atomic mass is 9.95. The molecule has 1 unspecified atom stereocenters. The van der Waals surface area contributed by atoms with Crippen LogP contribution in [0.4, 0.5) is 0 Å². The predicted molar refractivity (Wildman–Crippen MR) is 91.8 cm³/mol. The highest BCUT2D eigenvalue weighted by Gasteiger charge is 2.29. The van der Waals surface area contributed by atoms with Crippen LogP contribution >= 0.6 is 11.8 Å². The highest BCUT2D eigenvalue weighted by molar-refractivity contribution is 7.99. The Morgan fingerprint density at radius 3 is 2.67 bits per heavy atom. The molecule has 3 nitrogen and oxygen atoms in total. The van der Waals surface area contributed by atoms with Gasteiger partial charge < -0.3 is 11.1 Å². The molecule has 1 atom stereocenters. The molecule has 0 aliphatic rings. The number of carbonyl (C=O) groups is 1. The minimum atomic E-state index is -0.584. The van der Waals surface area contributed by atoms with Crippen LogP contribution in [0.5, 0.6) is 0 Å². The van der Waals surface area contributed by atoms with E-state index < -0.39 is 5.54 Å². The van der Waals surface area contributed by atoms with Crippen LogP contribution in [-0.4, -0.2) is 23.7 Å². The summed E-state index contributed by atoms with van der Waals surface area (Å²) in [6, 6.07) is 6.53. The smallest absolute Gasteiger partial charge is 0.237 e. The number of carbonyl (C=O) groups excluding carboxylic acids is 1. The fraction of sp³-hybridized carbons (Fsp3) is 0.588. The fourth-order valence-corrected chi connectivity index (χ4v) is 3.23. The summed E-state index contributed by atoms with van der Waals surface area (Å²) < 4.78 is 0. The number of amides is 1. The number of aryl methyl sites for hydroxylation is 2. The van der Waals surface area contributed by atoms with Crippen molar-refractivity contribution in [2.45, 2.75) is 57.4 Å². The summed E-state index contributed by atoms with van der Waals surface area (Å²) in [7, 11) is 0. The average Bonchev–Trinajstić information content (AvgIpc) is 2.43. The van der Waals surface area contributed by atoms with Crippen molar-refractivity contribution in [3.8, 4) is 0 Å². The van der Waals surface area contributed by atoms with E-state index in [0.717, 1.165) is 31.6 Å². The maximum Gasteiger partial charge on any atom is 0.237 e. The summed E-state index contributed by atoms with van der Waals surface area (Å²) in [5, 5.41) is 3.28. The monoisotopic (exact) mass is 308 g/mol. The zero-order valence-electron chi connectivity index (χ0n) is 13.7. The Morgan fingerprint density at radius 1 is 1.38 bits per heavy atom. The molecular weight excluding hydrogens is 280 g/mol. The number of nitrogens with one attached hydrogen (secondary N) is 1. The second-order valence-corrected chi connectivity index (χ2v) is 6.98. The molecule has 3 N–H and O–H groups in total. The Kier molecular flexibility index (Phi) is 7.26. The minimum absolute atomic E-state index is 0.257. The molecule has 0 saturated heterocycles. The van der Waals surface area contributed by atoms with E-state index >= 15 is 0 Å². The highest BCUT2D eigenvalue weighted by Crippen LogP contribution is 2.25. The fourth-order valence-electron chi connectivity index (χ4n) is 2.27. The average molecular weight is 308 g/mol. The van der Waals surface area contributed by atoms with Crippen LogP contribution in [0.2, 0.25) is 0 Å². The van der Waals surface area contributed by atoms with E-state index in [9.17, 15) is 4.79 Å². The van der Waals surface area contributed by atoms with Crippen molar-refractivity contribution in [2.75, 3.05) is 12.3 Å². The Balaban J connectivity index is 2.46. The summed E-state index contributed by atoms with van der Waals surface area (Å²) in [5.74, 6) is 0.744. The van der Waals surface area contributed by atoms with Crippen molar-refractivity contribution >= 4 is 17.7 Å². The molecular formula is C17H28N2OS. The summed E-state index contributed by atoms with van der Waals surface area (Å²) in [6.45, 7) is 9.08. The second-order valence-electron chi connectivity index (χ2n) is 5.84. The van der Waals surface area contributed by atoms with Gasteiger partial charge >= 0.3 is 0 Å². The molecule has 0 heterocycles. The van der Waals surface area contributed by atoms with E-state index in [1.165, 1.54) is 16.0 Å². The van der Waals surface area contributed by atoms with Crippen molar-refractivity contribution in [3.05, 3.63) is 29.3 Å². The molecule has 21 heavy (non-hydrogen) atoms. The summed E-state index contributed by atoms with van der Waals surface area (Å²) >= 11 is 1.85. The minimum Gasteiger partial charge on any atom is -0.368 e. The number of benzene rings is 1. The van der Waals surface area contributed by atoms with Gasteiger partial charge in [-0.25, -0.2) is 0 Å². The third kappa shape index (κ3) is 5.71. The van der Waals surface area contributed by atoms with Crippen molar-refractivity contribution in [1.29, 1.82) is 0 Å². The van der Waals surface area contributed by atoms with Crippen LogP contribution in [-0.2, 0) is 4.79 Å². The van der Waals surface area contributed by atoms with Crippen LogP contribution in [0.3, 0.4) is 0 Å². The Hall–Kier alpha value is -1.00. The summed E-state index contributed by atoms with van der Waals surface area (Å²) in [4.78, 5) is 13.0. The van der Waals surface area contributed by atoms with E-state index in [4.69, 9.17) is 5.73 Å². The van der Waals surface area contributed by atoms with Gasteiger partial charge in [0.25, 0.3) is 0 Å². The lowest BCUT2D eigenvalue weighted by molar-refractivity contribution is -0.124. The normalized spacial score (nSPS) is 13.9. The number of hydrogen-bond acceptors (Lipinski definition) is 3. The lowest BCUT2D eigenvalue weighted by Crippen LogP contribution is -2.53. The van der Waals surface area contributed by atoms with Crippen LogP contribution in [0.25, 0.3) is 0 Å². The largest absolute Gasteiger partial charge is 0.368 e. The van der Waals surface area contributed by atoms with Gasteiger partial charge in [-0.2, -0.15) is 0 Å². The molecule has 1 amide bonds. The van der Waals surface area contributed by atoms with Gasteiger partial charge in [0.1, 0.15) is 0 Å². The topological polar surface area (TPSA) is 55.1 Å². The van der Waals surface area contributed by atoms with Gasteiger partial charge in [0, 0.05) is 4.90 Å². The molecule has 1 aromatic carbocycles. The van der Waals surface area contributed by atoms with E-state index in [-0.39, 0.29) is 5.91 Å². The van der Waals surface area contributed by atoms with Gasteiger partial charge in [-0.05, 0) is 64.0 Å². The number of thioether (sulfide) groups is 1. The lowest BCUT2D eigenvalue weighted by Gasteiger charge is -2.27. The molecule has 0 fully saturated rings. The molecule has 1 rings (SSSR count). The maximum atomic E-state index is 11.6. The van der Waals surface area contributed by atoms with Gasteiger partial charge in [-0.3, -0.25) is 4.79 Å². The molecule has 118 valence electrons. The van der Waals surface area contributed by atoms with Crippen molar-refractivity contribution in [1.82, 2.24) is 5.32 Å². The molecule has 4 heteroatoms. The summed E-state index contributed by atoms with van der Waals surface area (Å²) in [5.41, 5.74) is 7.57. The second kappa shape index (κ2) is 8.44. The molecule has 0 bridgehead atoms. The van der Waals surface area contributed by atoms with Crippen molar-refractivity contribution in [2.24, 2.45) is 5.73 Å². The van der Waals surface area contributed by atoms with Crippen molar-refractivity contribution < 1.29 is 4.79 Å². The van der Waals surface area contributed by atoms with Crippen LogP contribution in [0, 0.1) is 13.8 Å². The Bertz CT molecular complexity index is 476. The summed E-state index contributed by atoms with van der Waals surface area (Å²) in [6.07, 6.45) is 2.74. The van der Waals surface area contributed by atoms with Gasteiger partial charge in [0.15, 0.2) is 0 Å². The molecule has 0 aromatic heterocycles. The van der Waals surface area contributed by atoms with Crippen molar-refractivity contribution in [3.63, 3.8) is 0 Å². The first-order chi connectivity index (χ1) is 9.89. The number of primary amides is 1. The molecule has 0 aliphatic carbocycles. The SMILES string of the molecule is CCCNC(C)(CCCSc1ccc(C)cc1C)C(N)=O. The van der Waals surface area contributed by atoms with E-state index in [2.05, 4.69) is 44.3 Å². The van der Waals surface area contributed by atoms with E-state index in [0.29, 0.717) is 0 Å². The highest BCUT2D eigenvalue weighted by atomic mass is 32.2. The van der Waals surface area contributed by atoms with E-state index in [1.54, 1.807) is 0 Å². The zero-order chi connectivity index (χ0) is 15.9. The number of hydrogen-bond donors (Lipinski definition) is 2. The first kappa shape index (κ1) is 18.1. The first-order valence-corrected chi connectivity index (χ1v) is 8.62.